The lowest BCUT2D eigenvalue weighted by Gasteiger charge is -2.08. The number of hydrogen-bond donors (Lipinski definition) is 0. The monoisotopic (exact) mass is 436 g/mol. The summed E-state index contributed by atoms with van der Waals surface area (Å²) in [6, 6.07) is 17.1. The van der Waals surface area contributed by atoms with Gasteiger partial charge in [-0.05, 0) is 54.8 Å². The second-order valence-electron chi connectivity index (χ2n) is 7.36. The molecule has 4 rings (SSSR count). The highest BCUT2D eigenvalue weighted by molar-refractivity contribution is 7.87. The van der Waals surface area contributed by atoms with Crippen LogP contribution in [0.3, 0.4) is 0 Å². The molecule has 0 bridgehead atoms. The zero-order valence-corrected chi connectivity index (χ0v) is 18.1. The maximum absolute atomic E-state index is 12.7. The van der Waals surface area contributed by atoms with Crippen LogP contribution in [0.4, 0.5) is 0 Å². The van der Waals surface area contributed by atoms with Crippen molar-refractivity contribution in [2.45, 2.75) is 43.9 Å². The van der Waals surface area contributed by atoms with E-state index in [2.05, 4.69) is 16.9 Å². The summed E-state index contributed by atoms with van der Waals surface area (Å²) >= 11 is 0. The lowest BCUT2D eigenvalue weighted by atomic mass is 10.1. The average molecular weight is 437 g/mol. The maximum Gasteiger partial charge on any atom is 0.339 e. The molecule has 2 aromatic heterocycles. The van der Waals surface area contributed by atoms with Gasteiger partial charge in [-0.3, -0.25) is 4.98 Å². The summed E-state index contributed by atoms with van der Waals surface area (Å²) in [7, 11) is -3.95. The fraction of sp³-hybridized carbons (Fsp3) is 0.250. The largest absolute Gasteiger partial charge is 0.435 e. The molecular formula is C24H24N2O4S. The number of hydrogen-bond acceptors (Lipinski definition) is 6. The van der Waals surface area contributed by atoms with Crippen molar-refractivity contribution in [3.05, 3.63) is 72.4 Å². The van der Waals surface area contributed by atoms with Crippen LogP contribution in [0.25, 0.3) is 22.7 Å². The lowest BCUT2D eigenvalue weighted by molar-refractivity contribution is 0.486. The number of pyridine rings is 1. The first-order valence-corrected chi connectivity index (χ1v) is 11.8. The van der Waals surface area contributed by atoms with Gasteiger partial charge >= 0.3 is 10.1 Å². The molecule has 31 heavy (non-hydrogen) atoms. The quantitative estimate of drug-likeness (QED) is 0.244. The van der Waals surface area contributed by atoms with Crippen molar-refractivity contribution in [2.75, 3.05) is 0 Å². The molecule has 7 heteroatoms. The Labute approximate surface area is 182 Å². The topological polar surface area (TPSA) is 82.3 Å². The molecule has 4 aromatic rings. The number of rotatable bonds is 9. The molecular weight excluding hydrogens is 412 g/mol. The van der Waals surface area contributed by atoms with E-state index in [9.17, 15) is 8.42 Å². The van der Waals surface area contributed by atoms with Crippen molar-refractivity contribution >= 4 is 21.2 Å². The number of unbranched alkanes of at least 4 members (excludes halogenated alkanes) is 3. The zero-order chi connectivity index (χ0) is 21.7. The van der Waals surface area contributed by atoms with E-state index in [0.717, 1.165) is 18.4 Å². The summed E-state index contributed by atoms with van der Waals surface area (Å²) in [5, 5.41) is 0. The molecule has 2 heterocycles. The number of aromatic nitrogens is 2. The number of oxazole rings is 1. The Bertz CT molecular complexity index is 1250. The predicted molar refractivity (Wildman–Crippen MR) is 119 cm³/mol. The second-order valence-corrected chi connectivity index (χ2v) is 8.90. The Morgan fingerprint density at radius 3 is 2.55 bits per heavy atom. The normalized spacial score (nSPS) is 11.6. The summed E-state index contributed by atoms with van der Waals surface area (Å²) in [4.78, 5) is 8.73. The third kappa shape index (κ3) is 5.11. The molecule has 0 spiro atoms. The number of aryl methyl sites for hydroxylation is 1. The Morgan fingerprint density at radius 1 is 0.968 bits per heavy atom. The fourth-order valence-electron chi connectivity index (χ4n) is 3.31. The molecule has 0 N–H and O–H groups in total. The van der Waals surface area contributed by atoms with Gasteiger partial charge in [0.05, 0.1) is 0 Å². The minimum Gasteiger partial charge on any atom is -0.435 e. The molecule has 0 amide bonds. The van der Waals surface area contributed by atoms with E-state index in [4.69, 9.17) is 8.60 Å². The van der Waals surface area contributed by atoms with Crippen LogP contribution in [0.5, 0.6) is 5.75 Å². The van der Waals surface area contributed by atoms with Crippen molar-refractivity contribution in [3.8, 4) is 17.3 Å². The summed E-state index contributed by atoms with van der Waals surface area (Å²) in [5.74, 6) is 0.532. The SMILES string of the molecule is CCCCCCc1ccc(S(=O)(=O)Oc2ccc3nc(-c4ccccn4)oc3c2)cc1. The average Bonchev–Trinajstić information content (AvgIpc) is 3.21. The van der Waals surface area contributed by atoms with E-state index in [0.29, 0.717) is 22.7 Å². The smallest absolute Gasteiger partial charge is 0.339 e. The maximum atomic E-state index is 12.7. The summed E-state index contributed by atoms with van der Waals surface area (Å²) in [6.45, 7) is 2.18. The van der Waals surface area contributed by atoms with E-state index in [1.807, 2.05) is 24.3 Å². The van der Waals surface area contributed by atoms with Gasteiger partial charge in [0.25, 0.3) is 0 Å². The van der Waals surface area contributed by atoms with E-state index in [1.165, 1.54) is 25.3 Å². The minimum atomic E-state index is -3.95. The first-order chi connectivity index (χ1) is 15.0. The van der Waals surface area contributed by atoms with Crippen LogP contribution in [0.1, 0.15) is 38.2 Å². The van der Waals surface area contributed by atoms with Gasteiger partial charge in [-0.25, -0.2) is 4.98 Å². The summed E-state index contributed by atoms with van der Waals surface area (Å²) in [5.41, 5.74) is 2.75. The van der Waals surface area contributed by atoms with Crippen molar-refractivity contribution in [3.63, 3.8) is 0 Å². The van der Waals surface area contributed by atoms with Crippen LogP contribution in [-0.2, 0) is 16.5 Å². The number of nitrogens with zero attached hydrogens (tertiary/aromatic N) is 2. The van der Waals surface area contributed by atoms with Crippen molar-refractivity contribution in [2.24, 2.45) is 0 Å². The molecule has 6 nitrogen and oxygen atoms in total. The first-order valence-electron chi connectivity index (χ1n) is 10.4. The van der Waals surface area contributed by atoms with Crippen molar-refractivity contribution in [1.82, 2.24) is 9.97 Å². The van der Waals surface area contributed by atoms with Crippen LogP contribution in [0.2, 0.25) is 0 Å². The predicted octanol–water partition coefficient (Wildman–Crippen LogP) is 5.78. The molecule has 2 aromatic carbocycles. The fourth-order valence-corrected chi connectivity index (χ4v) is 4.23. The van der Waals surface area contributed by atoms with Gasteiger partial charge < -0.3 is 8.60 Å². The molecule has 0 saturated carbocycles. The minimum absolute atomic E-state index is 0.122. The standard InChI is InChI=1S/C24H24N2O4S/c1-2-3-4-5-8-18-10-13-20(14-11-18)31(27,28)30-19-12-15-21-23(17-19)29-24(26-21)22-9-6-7-16-25-22/h6-7,9-17H,2-5,8H2,1H3. The molecule has 0 saturated heterocycles. The Kier molecular flexibility index (Phi) is 6.32. The van der Waals surface area contributed by atoms with Gasteiger partial charge in [0, 0.05) is 12.3 Å². The number of benzene rings is 2. The Hall–Kier alpha value is -3.19. The molecule has 0 unspecified atom stereocenters. The van der Waals surface area contributed by atoms with E-state index in [1.54, 1.807) is 36.5 Å². The summed E-state index contributed by atoms with van der Waals surface area (Å²) in [6.07, 6.45) is 7.31. The van der Waals surface area contributed by atoms with Crippen LogP contribution < -0.4 is 4.18 Å². The Morgan fingerprint density at radius 2 is 1.81 bits per heavy atom. The highest BCUT2D eigenvalue weighted by Crippen LogP contribution is 2.27. The van der Waals surface area contributed by atoms with E-state index in [-0.39, 0.29) is 10.6 Å². The molecule has 0 radical (unpaired) electrons. The van der Waals surface area contributed by atoms with Gasteiger partial charge in [-0.15, -0.1) is 0 Å². The third-order valence-corrected chi connectivity index (χ3v) is 6.24. The van der Waals surface area contributed by atoms with Gasteiger partial charge in [0.15, 0.2) is 5.58 Å². The van der Waals surface area contributed by atoms with Gasteiger partial charge in [-0.1, -0.05) is 44.4 Å². The molecule has 0 aliphatic carbocycles. The van der Waals surface area contributed by atoms with Crippen LogP contribution in [-0.4, -0.2) is 18.4 Å². The van der Waals surface area contributed by atoms with Gasteiger partial charge in [0.2, 0.25) is 5.89 Å². The zero-order valence-electron chi connectivity index (χ0n) is 17.3. The highest BCUT2D eigenvalue weighted by Gasteiger charge is 2.18. The molecule has 0 aliphatic rings. The van der Waals surface area contributed by atoms with Crippen LogP contribution in [0.15, 0.2) is 76.2 Å². The molecule has 0 fully saturated rings. The van der Waals surface area contributed by atoms with Crippen LogP contribution in [0, 0.1) is 0 Å². The van der Waals surface area contributed by atoms with E-state index >= 15 is 0 Å². The molecule has 0 aliphatic heterocycles. The number of fused-ring (bicyclic) bond motifs is 1. The van der Waals surface area contributed by atoms with Crippen LogP contribution >= 0.6 is 0 Å². The molecule has 160 valence electrons. The van der Waals surface area contributed by atoms with E-state index < -0.39 is 10.1 Å². The first kappa shape index (κ1) is 21.1. The summed E-state index contributed by atoms with van der Waals surface area (Å²) < 4.78 is 36.5. The molecule has 0 atom stereocenters. The lowest BCUT2D eigenvalue weighted by Crippen LogP contribution is -2.09. The second kappa shape index (κ2) is 9.31. The highest BCUT2D eigenvalue weighted by atomic mass is 32.2. The van der Waals surface area contributed by atoms with Crippen molar-refractivity contribution < 1.29 is 17.0 Å². The van der Waals surface area contributed by atoms with Gasteiger partial charge in [-0.2, -0.15) is 8.42 Å². The Balaban J connectivity index is 1.48. The van der Waals surface area contributed by atoms with Gasteiger partial charge in [0.1, 0.15) is 21.9 Å². The van der Waals surface area contributed by atoms with Crippen molar-refractivity contribution in [1.29, 1.82) is 0 Å². The third-order valence-electron chi connectivity index (χ3n) is 4.98.